The fourth-order valence-electron chi connectivity index (χ4n) is 2.40. The Labute approximate surface area is 118 Å². The van der Waals surface area contributed by atoms with Gasteiger partial charge >= 0.3 is 0 Å². The Morgan fingerprint density at radius 1 is 1.21 bits per heavy atom. The van der Waals surface area contributed by atoms with Crippen molar-refractivity contribution in [2.45, 2.75) is 64.3 Å². The molecule has 0 saturated carbocycles. The van der Waals surface area contributed by atoms with Crippen molar-refractivity contribution >= 4 is 9.84 Å². The second-order valence-electron chi connectivity index (χ2n) is 6.15. The molecule has 114 valence electrons. The molecule has 5 heteroatoms. The van der Waals surface area contributed by atoms with Crippen LogP contribution in [0.15, 0.2) is 0 Å². The first kappa shape index (κ1) is 16.9. The van der Waals surface area contributed by atoms with Gasteiger partial charge in [-0.25, -0.2) is 8.42 Å². The summed E-state index contributed by atoms with van der Waals surface area (Å²) in [5.74, 6) is 0.273. The lowest BCUT2D eigenvalue weighted by molar-refractivity contribution is 0.194. The van der Waals surface area contributed by atoms with Crippen LogP contribution in [0.2, 0.25) is 0 Å². The topological polar surface area (TPSA) is 49.4 Å². The van der Waals surface area contributed by atoms with Crippen LogP contribution in [-0.4, -0.2) is 56.0 Å². The van der Waals surface area contributed by atoms with Crippen molar-refractivity contribution in [3.05, 3.63) is 0 Å². The predicted octanol–water partition coefficient (Wildman–Crippen LogP) is 1.66. The Kier molecular flexibility index (Phi) is 6.77. The van der Waals surface area contributed by atoms with E-state index in [4.69, 9.17) is 0 Å². The van der Waals surface area contributed by atoms with Crippen LogP contribution in [0.25, 0.3) is 0 Å². The number of nitrogens with one attached hydrogen (secondary N) is 1. The Morgan fingerprint density at radius 3 is 2.37 bits per heavy atom. The smallest absolute Gasteiger partial charge is 0.153 e. The van der Waals surface area contributed by atoms with Gasteiger partial charge in [0.05, 0.1) is 11.0 Å². The normalized spacial score (nSPS) is 21.5. The summed E-state index contributed by atoms with van der Waals surface area (Å²) in [4.78, 5) is 2.29. The van der Waals surface area contributed by atoms with E-state index in [0.29, 0.717) is 18.6 Å². The van der Waals surface area contributed by atoms with Crippen LogP contribution in [0, 0.1) is 0 Å². The summed E-state index contributed by atoms with van der Waals surface area (Å²) in [7, 11) is -2.93. The van der Waals surface area contributed by atoms with Crippen molar-refractivity contribution in [3.63, 3.8) is 0 Å². The molecule has 0 aliphatic carbocycles. The molecule has 1 heterocycles. The number of sulfone groups is 1. The summed E-state index contributed by atoms with van der Waals surface area (Å²) in [6.07, 6.45) is 3.76. The molecule has 1 N–H and O–H groups in total. The highest BCUT2D eigenvalue weighted by Gasteiger charge is 2.22. The molecule has 1 rings (SSSR count). The van der Waals surface area contributed by atoms with E-state index >= 15 is 0 Å². The quantitative estimate of drug-likeness (QED) is 0.775. The summed E-state index contributed by atoms with van der Waals surface area (Å²) in [5.41, 5.74) is 0. The highest BCUT2D eigenvalue weighted by molar-refractivity contribution is 7.92. The number of nitrogens with zero attached hydrogens (tertiary/aromatic N) is 1. The fourth-order valence-corrected chi connectivity index (χ4v) is 3.36. The Balaban J connectivity index is 2.48. The van der Waals surface area contributed by atoms with Gasteiger partial charge in [-0.3, -0.25) is 4.90 Å². The lowest BCUT2D eigenvalue weighted by Crippen LogP contribution is -2.47. The second-order valence-corrected chi connectivity index (χ2v) is 8.83. The minimum absolute atomic E-state index is 0.269. The van der Waals surface area contributed by atoms with Gasteiger partial charge in [-0.2, -0.15) is 0 Å². The molecule has 0 radical (unpaired) electrons. The first-order chi connectivity index (χ1) is 8.83. The molecule has 0 aromatic heterocycles. The predicted molar refractivity (Wildman–Crippen MR) is 81.3 cm³/mol. The van der Waals surface area contributed by atoms with Gasteiger partial charge in [-0.05, 0) is 47.1 Å². The first-order valence-electron chi connectivity index (χ1n) is 7.52. The lowest BCUT2D eigenvalue weighted by atomic mass is 10.0. The molecule has 1 unspecified atom stereocenters. The maximum Gasteiger partial charge on any atom is 0.153 e. The third-order valence-electron chi connectivity index (χ3n) is 3.98. The average Bonchev–Trinajstić information content (AvgIpc) is 2.35. The maximum atomic E-state index is 11.9. The van der Waals surface area contributed by atoms with Crippen LogP contribution >= 0.6 is 0 Å². The van der Waals surface area contributed by atoms with Crippen molar-refractivity contribution < 1.29 is 8.42 Å². The summed E-state index contributed by atoms with van der Waals surface area (Å²) in [5, 5.41) is 3.26. The largest absolute Gasteiger partial charge is 0.313 e. The van der Waals surface area contributed by atoms with E-state index < -0.39 is 9.84 Å². The average molecular weight is 290 g/mol. The van der Waals surface area contributed by atoms with Gasteiger partial charge in [0.2, 0.25) is 0 Å². The zero-order valence-corrected chi connectivity index (χ0v) is 13.7. The highest BCUT2D eigenvalue weighted by Crippen LogP contribution is 2.11. The Bertz CT molecular complexity index is 346. The molecule has 1 saturated heterocycles. The molecule has 0 aromatic rings. The van der Waals surface area contributed by atoms with Crippen molar-refractivity contribution in [2.24, 2.45) is 0 Å². The van der Waals surface area contributed by atoms with Crippen molar-refractivity contribution in [1.82, 2.24) is 10.2 Å². The van der Waals surface area contributed by atoms with Gasteiger partial charge in [0, 0.05) is 25.2 Å². The van der Waals surface area contributed by atoms with Crippen LogP contribution in [0.4, 0.5) is 0 Å². The maximum absolute atomic E-state index is 11.9. The number of rotatable bonds is 7. The van der Waals surface area contributed by atoms with Crippen LogP contribution in [0.5, 0.6) is 0 Å². The van der Waals surface area contributed by atoms with Crippen LogP contribution in [-0.2, 0) is 9.84 Å². The van der Waals surface area contributed by atoms with E-state index in [2.05, 4.69) is 24.1 Å². The molecule has 19 heavy (non-hydrogen) atoms. The summed E-state index contributed by atoms with van der Waals surface area (Å²) in [6, 6.07) is 0.920. The number of hydrogen-bond donors (Lipinski definition) is 1. The minimum Gasteiger partial charge on any atom is -0.313 e. The zero-order valence-electron chi connectivity index (χ0n) is 12.9. The van der Waals surface area contributed by atoms with Crippen molar-refractivity contribution in [3.8, 4) is 0 Å². The van der Waals surface area contributed by atoms with Gasteiger partial charge in [0.1, 0.15) is 0 Å². The van der Waals surface area contributed by atoms with E-state index in [-0.39, 0.29) is 11.0 Å². The van der Waals surface area contributed by atoms with Crippen LogP contribution < -0.4 is 5.32 Å². The van der Waals surface area contributed by atoms with Crippen molar-refractivity contribution in [2.75, 3.05) is 25.4 Å². The van der Waals surface area contributed by atoms with Gasteiger partial charge in [0.15, 0.2) is 9.84 Å². The lowest BCUT2D eigenvalue weighted by Gasteiger charge is -2.33. The molecule has 1 aliphatic rings. The monoisotopic (exact) mass is 290 g/mol. The van der Waals surface area contributed by atoms with E-state index in [1.165, 1.54) is 19.3 Å². The summed E-state index contributed by atoms with van der Waals surface area (Å²) in [6.45, 7) is 10.5. The fraction of sp³-hybridized carbons (Fsp3) is 1.00. The Morgan fingerprint density at radius 2 is 1.89 bits per heavy atom. The third-order valence-corrected chi connectivity index (χ3v) is 6.17. The van der Waals surface area contributed by atoms with Gasteiger partial charge < -0.3 is 5.32 Å². The second kappa shape index (κ2) is 7.60. The zero-order chi connectivity index (χ0) is 14.5. The minimum atomic E-state index is -2.93. The van der Waals surface area contributed by atoms with E-state index in [0.717, 1.165) is 13.1 Å². The summed E-state index contributed by atoms with van der Waals surface area (Å²) >= 11 is 0. The molecular formula is C14H30N2O2S. The molecular weight excluding hydrogens is 260 g/mol. The molecule has 0 aromatic carbocycles. The molecule has 1 atom stereocenters. The molecule has 1 aliphatic heterocycles. The standard InChI is InChI=1S/C14H30N2O2S/c1-12(2)16(9-10-19(17,18)13(3)4)11-14-7-5-6-8-15-14/h12-15H,5-11H2,1-4H3. The van der Waals surface area contributed by atoms with Gasteiger partial charge in [-0.15, -0.1) is 0 Å². The van der Waals surface area contributed by atoms with E-state index in [9.17, 15) is 8.42 Å². The SMILES string of the molecule is CC(C)N(CCS(=O)(=O)C(C)C)CC1CCCCN1. The van der Waals surface area contributed by atoms with Gasteiger partial charge in [0.25, 0.3) is 0 Å². The molecule has 0 spiro atoms. The first-order valence-corrected chi connectivity index (χ1v) is 9.23. The van der Waals surface area contributed by atoms with Crippen LogP contribution in [0.1, 0.15) is 47.0 Å². The molecule has 0 amide bonds. The number of piperidine rings is 1. The molecule has 4 nitrogen and oxygen atoms in total. The van der Waals surface area contributed by atoms with Gasteiger partial charge in [-0.1, -0.05) is 6.42 Å². The van der Waals surface area contributed by atoms with E-state index in [1.807, 2.05) is 0 Å². The third kappa shape index (κ3) is 5.79. The van der Waals surface area contributed by atoms with Crippen molar-refractivity contribution in [1.29, 1.82) is 0 Å². The Hall–Kier alpha value is -0.130. The highest BCUT2D eigenvalue weighted by atomic mass is 32.2. The molecule has 0 bridgehead atoms. The summed E-state index contributed by atoms with van der Waals surface area (Å²) < 4.78 is 23.8. The van der Waals surface area contributed by atoms with Crippen LogP contribution in [0.3, 0.4) is 0 Å². The number of hydrogen-bond acceptors (Lipinski definition) is 4. The molecule has 1 fully saturated rings. The van der Waals surface area contributed by atoms with E-state index in [1.54, 1.807) is 13.8 Å².